The Hall–Kier alpha value is -2.09. The zero-order valence-corrected chi connectivity index (χ0v) is 8.52. The molecule has 0 saturated carbocycles. The fourth-order valence-electron chi connectivity index (χ4n) is 1.35. The normalized spacial score (nSPS) is 11.1. The van der Waals surface area contributed by atoms with E-state index in [1.807, 2.05) is 0 Å². The average molecular weight is 226 g/mol. The Morgan fingerprint density at radius 1 is 1.56 bits per heavy atom. The van der Waals surface area contributed by atoms with Crippen molar-refractivity contribution in [1.82, 2.24) is 14.5 Å². The lowest BCUT2D eigenvalue weighted by Gasteiger charge is -1.99. The zero-order valence-electron chi connectivity index (χ0n) is 8.52. The number of fused-ring (bicyclic) bond motifs is 1. The lowest BCUT2D eigenvalue weighted by Crippen LogP contribution is -2.18. The summed E-state index contributed by atoms with van der Waals surface area (Å²) in [5.41, 5.74) is 4.80. The summed E-state index contributed by atoms with van der Waals surface area (Å²) in [5, 5.41) is 0. The van der Waals surface area contributed by atoms with Crippen molar-refractivity contribution in [2.45, 2.75) is 6.54 Å². The van der Waals surface area contributed by atoms with Crippen molar-refractivity contribution in [3.63, 3.8) is 0 Å². The molecule has 0 aliphatic carbocycles. The highest BCUT2D eigenvalue weighted by Crippen LogP contribution is 2.05. The Bertz CT molecular complexity index is 623. The summed E-state index contributed by atoms with van der Waals surface area (Å²) in [6.07, 6.45) is 0. The summed E-state index contributed by atoms with van der Waals surface area (Å²) in [6.45, 7) is 0.557. The van der Waals surface area contributed by atoms with E-state index in [0.29, 0.717) is 6.61 Å². The van der Waals surface area contributed by atoms with Gasteiger partial charge in [0, 0.05) is 7.11 Å². The number of aromatic amines is 1. The fourth-order valence-corrected chi connectivity index (χ4v) is 1.35. The molecule has 2 heterocycles. The van der Waals surface area contributed by atoms with Gasteiger partial charge in [0.1, 0.15) is 0 Å². The van der Waals surface area contributed by atoms with Gasteiger partial charge < -0.3 is 14.9 Å². The number of nitrogens with two attached hydrogens (primary N) is 1. The monoisotopic (exact) mass is 226 g/mol. The van der Waals surface area contributed by atoms with Crippen molar-refractivity contribution in [3.05, 3.63) is 20.9 Å². The maximum atomic E-state index is 11.4. The lowest BCUT2D eigenvalue weighted by molar-refractivity contribution is 0.185. The second-order valence-electron chi connectivity index (χ2n) is 3.12. The number of nitrogens with zero attached hydrogens (tertiary/aromatic N) is 2. The van der Waals surface area contributed by atoms with Crippen LogP contribution in [0.3, 0.4) is 0 Å². The molecule has 0 radical (unpaired) electrons. The number of oxazole rings is 1. The molecule has 0 unspecified atom stereocenters. The second kappa shape index (κ2) is 3.81. The van der Waals surface area contributed by atoms with E-state index in [0.717, 1.165) is 0 Å². The average Bonchev–Trinajstić information content (AvgIpc) is 2.53. The van der Waals surface area contributed by atoms with Crippen molar-refractivity contribution < 1.29 is 9.15 Å². The first-order valence-corrected chi connectivity index (χ1v) is 4.51. The number of hydrogen-bond donors (Lipinski definition) is 2. The van der Waals surface area contributed by atoms with Crippen molar-refractivity contribution in [1.29, 1.82) is 0 Å². The molecule has 0 amide bonds. The third-order valence-corrected chi connectivity index (χ3v) is 2.06. The van der Waals surface area contributed by atoms with Crippen LogP contribution in [0.25, 0.3) is 11.2 Å². The summed E-state index contributed by atoms with van der Waals surface area (Å²) < 4.78 is 10.8. The van der Waals surface area contributed by atoms with Crippen molar-refractivity contribution in [2.24, 2.45) is 0 Å². The first-order valence-electron chi connectivity index (χ1n) is 4.51. The molecule has 8 heteroatoms. The molecule has 0 aromatic carbocycles. The van der Waals surface area contributed by atoms with Gasteiger partial charge in [0.2, 0.25) is 11.5 Å². The minimum Gasteiger partial charge on any atom is -0.400 e. The van der Waals surface area contributed by atoms with E-state index in [2.05, 4.69) is 9.97 Å². The highest BCUT2D eigenvalue weighted by Gasteiger charge is 2.14. The smallest absolute Gasteiger partial charge is 0.400 e. The Labute approximate surface area is 88.6 Å². The van der Waals surface area contributed by atoms with Gasteiger partial charge in [0.05, 0.1) is 13.2 Å². The molecular weight excluding hydrogens is 216 g/mol. The molecule has 0 fully saturated rings. The van der Waals surface area contributed by atoms with Gasteiger partial charge in [-0.05, 0) is 0 Å². The first-order chi connectivity index (χ1) is 7.63. The number of methoxy groups -OCH3 is 1. The minimum absolute atomic E-state index is 0.0653. The third-order valence-electron chi connectivity index (χ3n) is 2.06. The van der Waals surface area contributed by atoms with E-state index >= 15 is 0 Å². The van der Waals surface area contributed by atoms with Crippen LogP contribution >= 0.6 is 0 Å². The molecule has 86 valence electrons. The van der Waals surface area contributed by atoms with Crippen LogP contribution in [-0.2, 0) is 11.3 Å². The Kier molecular flexibility index (Phi) is 2.49. The van der Waals surface area contributed by atoms with Gasteiger partial charge in [-0.25, -0.2) is 4.79 Å². The van der Waals surface area contributed by atoms with Gasteiger partial charge in [0.25, 0.3) is 5.56 Å². The van der Waals surface area contributed by atoms with E-state index in [1.54, 1.807) is 0 Å². The van der Waals surface area contributed by atoms with Gasteiger partial charge in [0.15, 0.2) is 5.65 Å². The SMILES string of the molecule is COCCn1c(=O)oc2c(=O)[nH]c(N)nc21. The number of anilines is 1. The molecule has 0 spiro atoms. The molecule has 0 saturated heterocycles. The molecular formula is C8H10N4O4. The predicted octanol–water partition coefficient (Wildman–Crippen LogP) is -1.09. The topological polar surface area (TPSA) is 116 Å². The molecule has 2 aromatic heterocycles. The summed E-state index contributed by atoms with van der Waals surface area (Å²) in [6, 6.07) is 0. The Balaban J connectivity index is 2.69. The first kappa shape index (κ1) is 10.4. The van der Waals surface area contributed by atoms with E-state index < -0.39 is 11.3 Å². The quantitative estimate of drug-likeness (QED) is 0.686. The molecule has 3 N–H and O–H groups in total. The predicted molar refractivity (Wildman–Crippen MR) is 55.2 cm³/mol. The van der Waals surface area contributed by atoms with Crippen molar-refractivity contribution >= 4 is 17.2 Å². The largest absolute Gasteiger partial charge is 0.421 e. The van der Waals surface area contributed by atoms with Crippen molar-refractivity contribution in [3.8, 4) is 0 Å². The van der Waals surface area contributed by atoms with E-state index in [1.165, 1.54) is 11.7 Å². The minimum atomic E-state index is -0.657. The van der Waals surface area contributed by atoms with Crippen LogP contribution in [0.4, 0.5) is 5.95 Å². The van der Waals surface area contributed by atoms with Crippen LogP contribution in [0.2, 0.25) is 0 Å². The summed E-state index contributed by atoms with van der Waals surface area (Å²) in [5.74, 6) is -0.722. The Morgan fingerprint density at radius 3 is 3.00 bits per heavy atom. The number of nitrogen functional groups attached to an aromatic ring is 1. The maximum Gasteiger partial charge on any atom is 0.421 e. The summed E-state index contributed by atoms with van der Waals surface area (Å²) in [7, 11) is 1.50. The number of nitrogens with one attached hydrogen (secondary N) is 1. The molecule has 0 aliphatic rings. The zero-order chi connectivity index (χ0) is 11.7. The summed E-state index contributed by atoms with van der Waals surface area (Å²) >= 11 is 0. The number of rotatable bonds is 3. The maximum absolute atomic E-state index is 11.4. The van der Waals surface area contributed by atoms with E-state index in [9.17, 15) is 9.59 Å². The molecule has 16 heavy (non-hydrogen) atoms. The highest BCUT2D eigenvalue weighted by atomic mass is 16.5. The number of hydrogen-bond acceptors (Lipinski definition) is 6. The standard InChI is InChI=1S/C8H10N4O4/c1-15-3-2-12-5-4(16-8(12)14)6(13)11-7(9)10-5/h2-3H2,1H3,(H3,9,10,11,13). The van der Waals surface area contributed by atoms with Gasteiger partial charge in [-0.15, -0.1) is 0 Å². The number of ether oxygens (including phenoxy) is 1. The number of H-pyrrole nitrogens is 1. The van der Waals surface area contributed by atoms with Crippen LogP contribution in [0, 0.1) is 0 Å². The fraction of sp³-hybridized carbons (Fsp3) is 0.375. The lowest BCUT2D eigenvalue weighted by atomic mass is 10.5. The van der Waals surface area contributed by atoms with Crippen LogP contribution in [0.5, 0.6) is 0 Å². The van der Waals surface area contributed by atoms with Crippen LogP contribution in [0.1, 0.15) is 0 Å². The van der Waals surface area contributed by atoms with Crippen molar-refractivity contribution in [2.75, 3.05) is 19.5 Å². The molecule has 0 atom stereocenters. The molecule has 0 aliphatic heterocycles. The number of aromatic nitrogens is 3. The van der Waals surface area contributed by atoms with Gasteiger partial charge in [-0.2, -0.15) is 4.98 Å². The van der Waals surface area contributed by atoms with Gasteiger partial charge in [-0.1, -0.05) is 0 Å². The molecule has 8 nitrogen and oxygen atoms in total. The third kappa shape index (κ3) is 1.58. The molecule has 2 rings (SSSR count). The van der Waals surface area contributed by atoms with Crippen LogP contribution in [-0.4, -0.2) is 28.3 Å². The van der Waals surface area contributed by atoms with Crippen LogP contribution in [0.15, 0.2) is 14.0 Å². The van der Waals surface area contributed by atoms with E-state index in [-0.39, 0.29) is 23.7 Å². The van der Waals surface area contributed by atoms with Crippen LogP contribution < -0.4 is 17.0 Å². The molecule has 2 aromatic rings. The van der Waals surface area contributed by atoms with Gasteiger partial charge >= 0.3 is 5.76 Å². The summed E-state index contributed by atoms with van der Waals surface area (Å²) in [4.78, 5) is 28.9. The Morgan fingerprint density at radius 2 is 2.31 bits per heavy atom. The molecule has 0 bridgehead atoms. The second-order valence-corrected chi connectivity index (χ2v) is 3.12. The highest BCUT2D eigenvalue weighted by molar-refractivity contribution is 5.67. The van der Waals surface area contributed by atoms with E-state index in [4.69, 9.17) is 14.9 Å². The van der Waals surface area contributed by atoms with Gasteiger partial charge in [-0.3, -0.25) is 14.3 Å².